The second kappa shape index (κ2) is 10.8. The minimum atomic E-state index is -0.384. The lowest BCUT2D eigenvalue weighted by molar-refractivity contribution is 0.0531. The van der Waals surface area contributed by atoms with Gasteiger partial charge in [-0.15, -0.1) is 0 Å². The molecule has 0 aliphatic carbocycles. The molecule has 0 bridgehead atoms. The van der Waals surface area contributed by atoms with Gasteiger partial charge in [0.15, 0.2) is 5.13 Å². The summed E-state index contributed by atoms with van der Waals surface area (Å²) in [6, 6.07) is 2.19. The van der Waals surface area contributed by atoms with Crippen LogP contribution < -0.4 is 15.1 Å². The number of piperidine rings is 2. The number of aromatic nitrogens is 3. The van der Waals surface area contributed by atoms with Gasteiger partial charge in [-0.1, -0.05) is 18.3 Å². The van der Waals surface area contributed by atoms with Gasteiger partial charge in [0.25, 0.3) is 0 Å². The van der Waals surface area contributed by atoms with Crippen molar-refractivity contribution in [2.75, 3.05) is 41.4 Å². The number of rotatable bonds is 7. The maximum absolute atomic E-state index is 12.2. The molecule has 186 valence electrons. The van der Waals surface area contributed by atoms with Crippen LogP contribution in [0.25, 0.3) is 0 Å². The van der Waals surface area contributed by atoms with Gasteiger partial charge in [-0.3, -0.25) is 5.32 Å². The molecule has 11 heteroatoms. The number of aliphatic hydroxyl groups excluding tert-OH is 2. The number of thiazole rings is 1. The Hall–Kier alpha value is -2.50. The van der Waals surface area contributed by atoms with Crippen molar-refractivity contribution in [3.63, 3.8) is 0 Å². The van der Waals surface area contributed by atoms with Gasteiger partial charge in [-0.05, 0) is 46.0 Å². The van der Waals surface area contributed by atoms with Crippen LogP contribution in [0.4, 0.5) is 22.7 Å². The zero-order valence-electron chi connectivity index (χ0n) is 20.0. The molecule has 4 heterocycles. The minimum Gasteiger partial charge on any atom is -0.462 e. The van der Waals surface area contributed by atoms with E-state index in [1.165, 1.54) is 11.3 Å². The van der Waals surface area contributed by atoms with Gasteiger partial charge in [0, 0.05) is 31.7 Å². The van der Waals surface area contributed by atoms with Gasteiger partial charge in [-0.25, -0.2) is 9.78 Å². The highest BCUT2D eigenvalue weighted by Gasteiger charge is 2.29. The van der Waals surface area contributed by atoms with Gasteiger partial charge < -0.3 is 24.7 Å². The summed E-state index contributed by atoms with van der Waals surface area (Å²) < 4.78 is 5.13. The van der Waals surface area contributed by atoms with Crippen molar-refractivity contribution in [1.29, 1.82) is 0 Å². The van der Waals surface area contributed by atoms with Crippen LogP contribution in [0.1, 0.15) is 61.3 Å². The van der Waals surface area contributed by atoms with E-state index in [2.05, 4.69) is 27.0 Å². The van der Waals surface area contributed by atoms with Gasteiger partial charge in [0.1, 0.15) is 16.5 Å². The SMILES string of the molecule is CCOC(=O)c1sc(Nc2nc(N3CCC(O)CC3)cc(N3CCC(O)CC3CC)n2)nc1C. The Morgan fingerprint density at radius 3 is 2.53 bits per heavy atom. The first-order valence-corrected chi connectivity index (χ1v) is 12.9. The van der Waals surface area contributed by atoms with Crippen molar-refractivity contribution >= 4 is 40.0 Å². The van der Waals surface area contributed by atoms with E-state index in [4.69, 9.17) is 14.7 Å². The largest absolute Gasteiger partial charge is 0.462 e. The molecule has 34 heavy (non-hydrogen) atoms. The lowest BCUT2D eigenvalue weighted by Gasteiger charge is -2.39. The molecule has 4 rings (SSSR count). The minimum absolute atomic E-state index is 0.194. The third-order valence-corrected chi connectivity index (χ3v) is 7.47. The van der Waals surface area contributed by atoms with Crippen molar-refractivity contribution < 1.29 is 19.7 Å². The van der Waals surface area contributed by atoms with Crippen molar-refractivity contribution in [3.05, 3.63) is 16.6 Å². The van der Waals surface area contributed by atoms with Crippen LogP contribution in [0.5, 0.6) is 0 Å². The molecule has 10 nitrogen and oxygen atoms in total. The number of aliphatic hydroxyl groups is 2. The monoisotopic (exact) mass is 490 g/mol. The third kappa shape index (κ3) is 5.59. The van der Waals surface area contributed by atoms with Crippen LogP contribution >= 0.6 is 11.3 Å². The quantitative estimate of drug-likeness (QED) is 0.499. The topological polar surface area (TPSA) is 124 Å². The number of ether oxygens (including phenoxy) is 1. The predicted octanol–water partition coefficient (Wildman–Crippen LogP) is 2.86. The molecule has 2 saturated heterocycles. The number of aryl methyl sites for hydroxylation is 1. The second-order valence-electron chi connectivity index (χ2n) is 8.84. The fourth-order valence-electron chi connectivity index (χ4n) is 4.53. The smallest absolute Gasteiger partial charge is 0.350 e. The summed E-state index contributed by atoms with van der Waals surface area (Å²) >= 11 is 1.22. The maximum atomic E-state index is 12.2. The average molecular weight is 491 g/mol. The Balaban J connectivity index is 1.65. The molecule has 2 aromatic heterocycles. The first-order chi connectivity index (χ1) is 16.4. The Morgan fingerprint density at radius 2 is 1.82 bits per heavy atom. The predicted molar refractivity (Wildman–Crippen MR) is 132 cm³/mol. The normalized spacial score (nSPS) is 21.6. The summed E-state index contributed by atoms with van der Waals surface area (Å²) in [6.07, 6.45) is 3.15. The lowest BCUT2D eigenvalue weighted by atomic mass is 9.97. The Kier molecular flexibility index (Phi) is 7.84. The molecule has 2 aliphatic heterocycles. The maximum Gasteiger partial charge on any atom is 0.350 e. The molecule has 0 aromatic carbocycles. The van der Waals surface area contributed by atoms with E-state index < -0.39 is 0 Å². The van der Waals surface area contributed by atoms with E-state index >= 15 is 0 Å². The van der Waals surface area contributed by atoms with E-state index in [1.807, 2.05) is 6.07 Å². The van der Waals surface area contributed by atoms with Crippen molar-refractivity contribution in [2.24, 2.45) is 0 Å². The van der Waals surface area contributed by atoms with Crippen molar-refractivity contribution in [1.82, 2.24) is 15.0 Å². The molecule has 2 fully saturated rings. The average Bonchev–Trinajstić information content (AvgIpc) is 3.19. The zero-order valence-corrected chi connectivity index (χ0v) is 20.8. The third-order valence-electron chi connectivity index (χ3n) is 6.42. The van der Waals surface area contributed by atoms with Gasteiger partial charge in [0.05, 0.1) is 24.5 Å². The number of carbonyl (C=O) groups is 1. The number of carbonyl (C=O) groups excluding carboxylic acids is 1. The number of nitrogens with zero attached hydrogens (tertiary/aromatic N) is 5. The van der Waals surface area contributed by atoms with E-state index in [9.17, 15) is 15.0 Å². The van der Waals surface area contributed by atoms with E-state index in [0.717, 1.165) is 37.7 Å². The molecular weight excluding hydrogens is 456 g/mol. The van der Waals surface area contributed by atoms with Crippen molar-refractivity contribution in [2.45, 2.75) is 71.1 Å². The standard InChI is InChI=1S/C23H34N6O4S/c1-4-15-12-17(31)8-11-29(15)19-13-18(28-9-6-16(30)7-10-28)25-22(26-19)27-23-24-14(3)20(34-23)21(32)33-5-2/h13,15-17,30-31H,4-12H2,1-3H3,(H,24,25,26,27). The fourth-order valence-corrected chi connectivity index (χ4v) is 5.39. The molecule has 0 radical (unpaired) electrons. The lowest BCUT2D eigenvalue weighted by Crippen LogP contribution is -2.44. The molecule has 0 saturated carbocycles. The van der Waals surface area contributed by atoms with Crippen molar-refractivity contribution in [3.8, 4) is 0 Å². The number of nitrogens with one attached hydrogen (secondary N) is 1. The summed E-state index contributed by atoms with van der Waals surface area (Å²) in [4.78, 5) is 31.1. The molecule has 2 unspecified atom stereocenters. The fraction of sp³-hybridized carbons (Fsp3) is 0.652. The molecule has 2 aromatic rings. The summed E-state index contributed by atoms with van der Waals surface area (Å²) in [5.74, 6) is 1.62. The summed E-state index contributed by atoms with van der Waals surface area (Å²) in [5, 5.41) is 23.8. The van der Waals surface area contributed by atoms with Gasteiger partial charge >= 0.3 is 5.97 Å². The molecule has 0 spiro atoms. The van der Waals surface area contributed by atoms with Crippen LogP contribution in [0.15, 0.2) is 6.07 Å². The second-order valence-corrected chi connectivity index (χ2v) is 9.84. The number of anilines is 4. The highest BCUT2D eigenvalue weighted by Crippen LogP contribution is 2.32. The Bertz CT molecular complexity index is 994. The summed E-state index contributed by atoms with van der Waals surface area (Å²) in [5.41, 5.74) is 0.600. The van der Waals surface area contributed by atoms with Crippen LogP contribution in [-0.4, -0.2) is 75.6 Å². The van der Waals surface area contributed by atoms with Gasteiger partial charge in [-0.2, -0.15) is 9.97 Å². The van der Waals surface area contributed by atoms with E-state index in [-0.39, 0.29) is 24.2 Å². The number of esters is 1. The van der Waals surface area contributed by atoms with Crippen LogP contribution in [0.3, 0.4) is 0 Å². The zero-order chi connectivity index (χ0) is 24.2. The molecule has 0 amide bonds. The van der Waals surface area contributed by atoms with E-state index in [1.54, 1.807) is 13.8 Å². The first kappa shape index (κ1) is 24.6. The molecule has 2 aliphatic rings. The van der Waals surface area contributed by atoms with Crippen LogP contribution in [-0.2, 0) is 4.74 Å². The highest BCUT2D eigenvalue weighted by atomic mass is 32.1. The number of hydrogen-bond donors (Lipinski definition) is 3. The summed E-state index contributed by atoms with van der Waals surface area (Å²) in [7, 11) is 0. The van der Waals surface area contributed by atoms with Gasteiger partial charge in [0.2, 0.25) is 5.95 Å². The molecule has 2 atom stereocenters. The van der Waals surface area contributed by atoms with Crippen LogP contribution in [0, 0.1) is 6.92 Å². The van der Waals surface area contributed by atoms with E-state index in [0.29, 0.717) is 53.9 Å². The Labute approximate surface area is 204 Å². The summed E-state index contributed by atoms with van der Waals surface area (Å²) in [6.45, 7) is 8.14. The van der Waals surface area contributed by atoms with Crippen LogP contribution in [0.2, 0.25) is 0 Å². The Morgan fingerprint density at radius 1 is 1.12 bits per heavy atom. The molecular formula is C23H34N6O4S. The first-order valence-electron chi connectivity index (χ1n) is 12.1. The number of hydrogen-bond acceptors (Lipinski definition) is 11. The highest BCUT2D eigenvalue weighted by molar-refractivity contribution is 7.17. The molecule has 3 N–H and O–H groups in total.